The maximum Gasteiger partial charge on any atom is 0.245 e. The number of amides is 2. The number of piperazine rings is 1. The van der Waals surface area contributed by atoms with Crippen LogP contribution in [0.25, 0.3) is 10.9 Å². The number of aromatic nitrogens is 1. The lowest BCUT2D eigenvalue weighted by atomic mass is 9.86. The largest absolute Gasteiger partial charge is 0.454 e. The van der Waals surface area contributed by atoms with Gasteiger partial charge in [0.15, 0.2) is 11.5 Å². The number of carbonyl (C=O) groups is 2. The molecule has 0 N–H and O–H groups in total. The molecular formula is C25H27N3O4. The van der Waals surface area contributed by atoms with Crippen LogP contribution in [0.1, 0.15) is 36.7 Å². The zero-order valence-electron chi connectivity index (χ0n) is 18.8. The fourth-order valence-electron chi connectivity index (χ4n) is 5.20. The van der Waals surface area contributed by atoms with Gasteiger partial charge in [-0.3, -0.25) is 9.59 Å². The summed E-state index contributed by atoms with van der Waals surface area (Å²) >= 11 is 0. The minimum absolute atomic E-state index is 0.0149. The molecule has 0 aliphatic carbocycles. The third kappa shape index (κ3) is 2.80. The SMILES string of the molecule is CC.CN1CC(=O)N2C(Cc3c(n(C)c4ccccc34)C2c2ccc3c(c2)OCO3)C1=O. The molecule has 2 aromatic carbocycles. The van der Waals surface area contributed by atoms with Crippen molar-refractivity contribution in [3.63, 3.8) is 0 Å². The molecule has 32 heavy (non-hydrogen) atoms. The van der Waals surface area contributed by atoms with Gasteiger partial charge in [-0.05, 0) is 29.3 Å². The number of fused-ring (bicyclic) bond motifs is 5. The lowest BCUT2D eigenvalue weighted by Gasteiger charge is -2.46. The van der Waals surface area contributed by atoms with E-state index >= 15 is 0 Å². The van der Waals surface area contributed by atoms with E-state index in [9.17, 15) is 9.59 Å². The van der Waals surface area contributed by atoms with Crippen molar-refractivity contribution >= 4 is 22.7 Å². The number of aryl methyl sites for hydroxylation is 1. The Morgan fingerprint density at radius 1 is 0.969 bits per heavy atom. The summed E-state index contributed by atoms with van der Waals surface area (Å²) in [6.45, 7) is 4.28. The quantitative estimate of drug-likeness (QED) is 0.591. The van der Waals surface area contributed by atoms with Crippen LogP contribution in [0.15, 0.2) is 42.5 Å². The first-order valence-corrected chi connectivity index (χ1v) is 11.1. The minimum atomic E-state index is -0.509. The average Bonchev–Trinajstić information content (AvgIpc) is 3.40. The van der Waals surface area contributed by atoms with Crippen molar-refractivity contribution in [2.75, 3.05) is 20.4 Å². The summed E-state index contributed by atoms with van der Waals surface area (Å²) in [6.07, 6.45) is 0.520. The second-order valence-electron chi connectivity index (χ2n) is 8.17. The van der Waals surface area contributed by atoms with Crippen LogP contribution in [0.4, 0.5) is 0 Å². The number of rotatable bonds is 1. The zero-order chi connectivity index (χ0) is 22.6. The van der Waals surface area contributed by atoms with Crippen LogP contribution >= 0.6 is 0 Å². The van der Waals surface area contributed by atoms with Crippen molar-refractivity contribution in [3.8, 4) is 11.5 Å². The first-order valence-electron chi connectivity index (χ1n) is 11.1. The zero-order valence-corrected chi connectivity index (χ0v) is 18.8. The molecule has 166 valence electrons. The fourth-order valence-corrected chi connectivity index (χ4v) is 5.20. The van der Waals surface area contributed by atoms with Gasteiger partial charge in [-0.2, -0.15) is 0 Å². The molecule has 3 aromatic rings. The van der Waals surface area contributed by atoms with Crippen molar-refractivity contribution < 1.29 is 19.1 Å². The standard InChI is InChI=1S/C23H21N3O4.C2H6/c1-24-11-20(27)26-17(23(24)28)10-15-14-5-3-4-6-16(14)25(2)22(15)21(26)13-7-8-18-19(9-13)30-12-29-18;1-2/h3-9,17,21H,10-12H2,1-2H3;1-2H3. The van der Waals surface area contributed by atoms with Gasteiger partial charge in [0.2, 0.25) is 18.6 Å². The van der Waals surface area contributed by atoms with Crippen molar-refractivity contribution in [3.05, 3.63) is 59.3 Å². The van der Waals surface area contributed by atoms with Crippen LogP contribution in [0, 0.1) is 0 Å². The van der Waals surface area contributed by atoms with Crippen LogP contribution in [0.5, 0.6) is 11.5 Å². The molecule has 3 aliphatic heterocycles. The second-order valence-corrected chi connectivity index (χ2v) is 8.17. The summed E-state index contributed by atoms with van der Waals surface area (Å²) in [5, 5.41) is 1.13. The summed E-state index contributed by atoms with van der Waals surface area (Å²) in [5.41, 5.74) is 4.20. The third-order valence-electron chi connectivity index (χ3n) is 6.57. The molecule has 1 aromatic heterocycles. The highest BCUT2D eigenvalue weighted by atomic mass is 16.7. The van der Waals surface area contributed by atoms with E-state index < -0.39 is 6.04 Å². The Hall–Kier alpha value is -3.48. The molecule has 2 unspecified atom stereocenters. The molecular weight excluding hydrogens is 406 g/mol. The molecule has 0 saturated carbocycles. The predicted octanol–water partition coefficient (Wildman–Crippen LogP) is 3.25. The first kappa shape index (κ1) is 20.4. The molecule has 0 bridgehead atoms. The summed E-state index contributed by atoms with van der Waals surface area (Å²) in [6, 6.07) is 13.1. The number of hydrogen-bond donors (Lipinski definition) is 0. The van der Waals surface area contributed by atoms with Crippen LogP contribution in [-0.4, -0.2) is 52.6 Å². The molecule has 6 rings (SSSR count). The van der Waals surface area contributed by atoms with Gasteiger partial charge >= 0.3 is 0 Å². The smallest absolute Gasteiger partial charge is 0.245 e. The van der Waals surface area contributed by atoms with Crippen molar-refractivity contribution in [2.45, 2.75) is 32.4 Å². The molecule has 3 aliphatic rings. The normalized spacial score (nSPS) is 21.2. The van der Waals surface area contributed by atoms with Gasteiger partial charge in [-0.25, -0.2) is 0 Å². The lowest BCUT2D eigenvalue weighted by molar-refractivity contribution is -0.157. The maximum atomic E-state index is 13.2. The summed E-state index contributed by atoms with van der Waals surface area (Å²) < 4.78 is 13.2. The predicted molar refractivity (Wildman–Crippen MR) is 121 cm³/mol. The molecule has 0 spiro atoms. The molecule has 7 heteroatoms. The Morgan fingerprint density at radius 2 is 1.72 bits per heavy atom. The number of benzene rings is 2. The van der Waals surface area contributed by atoms with Gasteiger partial charge in [0.25, 0.3) is 0 Å². The maximum absolute atomic E-state index is 13.2. The number of nitrogens with zero attached hydrogens (tertiary/aromatic N) is 3. The van der Waals surface area contributed by atoms with E-state index in [4.69, 9.17) is 9.47 Å². The van der Waals surface area contributed by atoms with Crippen molar-refractivity contribution in [2.24, 2.45) is 7.05 Å². The van der Waals surface area contributed by atoms with E-state index in [0.29, 0.717) is 17.9 Å². The molecule has 0 radical (unpaired) electrons. The molecule has 7 nitrogen and oxygen atoms in total. The van der Waals surface area contributed by atoms with Crippen molar-refractivity contribution in [1.82, 2.24) is 14.4 Å². The highest BCUT2D eigenvalue weighted by Gasteiger charge is 2.48. The summed E-state index contributed by atoms with van der Waals surface area (Å²) in [5.74, 6) is 1.31. The van der Waals surface area contributed by atoms with E-state index in [-0.39, 0.29) is 31.2 Å². The van der Waals surface area contributed by atoms with Gasteiger partial charge in [0.05, 0.1) is 12.6 Å². The van der Waals surface area contributed by atoms with Gasteiger partial charge in [-0.15, -0.1) is 0 Å². The van der Waals surface area contributed by atoms with E-state index in [1.54, 1.807) is 11.9 Å². The highest BCUT2D eigenvalue weighted by Crippen LogP contribution is 2.45. The van der Waals surface area contributed by atoms with E-state index in [1.165, 1.54) is 4.90 Å². The first-order chi connectivity index (χ1) is 15.5. The molecule has 1 saturated heterocycles. The van der Waals surface area contributed by atoms with Gasteiger partial charge in [-0.1, -0.05) is 38.1 Å². The summed E-state index contributed by atoms with van der Waals surface area (Å²) in [4.78, 5) is 29.6. The third-order valence-corrected chi connectivity index (χ3v) is 6.57. The lowest BCUT2D eigenvalue weighted by Crippen LogP contribution is -2.62. The molecule has 2 amide bonds. The number of para-hydroxylation sites is 1. The molecule has 2 atom stereocenters. The second kappa shape index (κ2) is 7.58. The van der Waals surface area contributed by atoms with Crippen molar-refractivity contribution in [1.29, 1.82) is 0 Å². The van der Waals surface area contributed by atoms with Gasteiger partial charge in [0, 0.05) is 37.1 Å². The highest BCUT2D eigenvalue weighted by molar-refractivity contribution is 5.97. The number of carbonyl (C=O) groups excluding carboxylic acids is 2. The van der Waals surface area contributed by atoms with Crippen LogP contribution in [-0.2, 0) is 23.1 Å². The van der Waals surface area contributed by atoms with E-state index in [0.717, 1.165) is 27.7 Å². The minimum Gasteiger partial charge on any atom is -0.454 e. The Bertz CT molecular complexity index is 1230. The summed E-state index contributed by atoms with van der Waals surface area (Å²) in [7, 11) is 3.73. The number of ether oxygens (including phenoxy) is 2. The topological polar surface area (TPSA) is 64.0 Å². The Morgan fingerprint density at radius 3 is 2.53 bits per heavy atom. The number of hydrogen-bond acceptors (Lipinski definition) is 4. The van der Waals surface area contributed by atoms with Crippen LogP contribution in [0.3, 0.4) is 0 Å². The Labute approximate surface area is 187 Å². The van der Waals surface area contributed by atoms with Gasteiger partial charge in [0.1, 0.15) is 6.04 Å². The van der Waals surface area contributed by atoms with Crippen LogP contribution < -0.4 is 9.47 Å². The van der Waals surface area contributed by atoms with Crippen LogP contribution in [0.2, 0.25) is 0 Å². The Balaban J connectivity index is 0.00000105. The monoisotopic (exact) mass is 433 g/mol. The Kier molecular flexibility index (Phi) is 4.84. The molecule has 1 fully saturated rings. The fraction of sp³-hybridized carbons (Fsp3) is 0.360. The average molecular weight is 434 g/mol. The molecule has 4 heterocycles. The van der Waals surface area contributed by atoms with Gasteiger partial charge < -0.3 is 23.8 Å². The van der Waals surface area contributed by atoms with E-state index in [1.807, 2.05) is 51.2 Å². The van der Waals surface area contributed by atoms with E-state index in [2.05, 4.69) is 16.7 Å². The number of likely N-dealkylation sites (N-methyl/N-ethyl adjacent to an activating group) is 1.